The zero-order chi connectivity index (χ0) is 16.4. The van der Waals surface area contributed by atoms with Gasteiger partial charge in [0.15, 0.2) is 0 Å². The van der Waals surface area contributed by atoms with Crippen LogP contribution in [0.2, 0.25) is 0 Å². The van der Waals surface area contributed by atoms with E-state index in [-0.39, 0.29) is 13.2 Å². The molecule has 0 aromatic heterocycles. The highest BCUT2D eigenvalue weighted by atomic mass is 16.5. The molecule has 0 saturated carbocycles. The first-order valence-electron chi connectivity index (χ1n) is 6.87. The number of rotatable bonds is 8. The van der Waals surface area contributed by atoms with Crippen LogP contribution in [-0.4, -0.2) is 34.5 Å². The Morgan fingerprint density at radius 3 is 2.64 bits per heavy atom. The second-order valence-corrected chi connectivity index (χ2v) is 4.66. The van der Waals surface area contributed by atoms with E-state index in [1.807, 2.05) is 0 Å². The lowest BCUT2D eigenvalue weighted by molar-refractivity contribution is -0.124. The van der Waals surface area contributed by atoms with E-state index in [0.717, 1.165) is 5.56 Å². The standard InChI is InChI=1S/C16H21NO5/c1-12(11-16(20)17-21)3-2-4-15(19)13-5-7-14(8-6-13)22-10-9-18/h2-3,5-8,11,15,18-19,21H,4,9-10H2,1H3,(H,17,20)/b3-2+,12-11+/t15-/m0/s1. The molecule has 0 fully saturated rings. The van der Waals surface area contributed by atoms with Crippen LogP contribution < -0.4 is 10.2 Å². The summed E-state index contributed by atoms with van der Waals surface area (Å²) in [6.07, 6.45) is 4.41. The van der Waals surface area contributed by atoms with E-state index >= 15 is 0 Å². The van der Waals surface area contributed by atoms with Gasteiger partial charge in [-0.15, -0.1) is 0 Å². The summed E-state index contributed by atoms with van der Waals surface area (Å²) in [5, 5.41) is 27.1. The van der Waals surface area contributed by atoms with Crippen molar-refractivity contribution in [1.82, 2.24) is 5.48 Å². The molecule has 6 nitrogen and oxygen atoms in total. The van der Waals surface area contributed by atoms with Crippen LogP contribution in [0.3, 0.4) is 0 Å². The monoisotopic (exact) mass is 307 g/mol. The molecule has 0 aliphatic carbocycles. The predicted octanol–water partition coefficient (Wildman–Crippen LogP) is 1.49. The number of allylic oxidation sites excluding steroid dienone is 2. The van der Waals surface area contributed by atoms with Gasteiger partial charge in [0.25, 0.3) is 5.91 Å². The van der Waals surface area contributed by atoms with Gasteiger partial charge in [-0.3, -0.25) is 10.0 Å². The minimum Gasteiger partial charge on any atom is -0.491 e. The second kappa shape index (κ2) is 9.73. The van der Waals surface area contributed by atoms with Gasteiger partial charge in [-0.1, -0.05) is 24.3 Å². The van der Waals surface area contributed by atoms with Crippen LogP contribution in [0, 0.1) is 0 Å². The highest BCUT2D eigenvalue weighted by Gasteiger charge is 2.05. The van der Waals surface area contributed by atoms with Crippen molar-refractivity contribution in [3.8, 4) is 5.75 Å². The Bertz CT molecular complexity index is 522. The molecule has 0 aliphatic rings. The van der Waals surface area contributed by atoms with E-state index in [0.29, 0.717) is 17.7 Å². The van der Waals surface area contributed by atoms with Crippen molar-refractivity contribution in [2.45, 2.75) is 19.4 Å². The zero-order valence-corrected chi connectivity index (χ0v) is 12.4. The van der Waals surface area contributed by atoms with E-state index in [1.54, 1.807) is 43.3 Å². The highest BCUT2D eigenvalue weighted by Crippen LogP contribution is 2.20. The van der Waals surface area contributed by atoms with Gasteiger partial charge in [-0.2, -0.15) is 0 Å². The van der Waals surface area contributed by atoms with Crippen LogP contribution in [0.5, 0.6) is 5.75 Å². The Labute approximate surface area is 129 Å². The van der Waals surface area contributed by atoms with Crippen molar-refractivity contribution in [2.24, 2.45) is 0 Å². The summed E-state index contributed by atoms with van der Waals surface area (Å²) in [7, 11) is 0. The Hall–Kier alpha value is -2.15. The van der Waals surface area contributed by atoms with Crippen LogP contribution in [0.25, 0.3) is 0 Å². The maximum atomic E-state index is 10.9. The molecule has 0 aliphatic heterocycles. The second-order valence-electron chi connectivity index (χ2n) is 4.66. The molecule has 22 heavy (non-hydrogen) atoms. The van der Waals surface area contributed by atoms with Gasteiger partial charge in [0.05, 0.1) is 12.7 Å². The van der Waals surface area contributed by atoms with Crippen molar-refractivity contribution < 1.29 is 25.0 Å². The molecular formula is C16H21NO5. The van der Waals surface area contributed by atoms with E-state index in [9.17, 15) is 9.90 Å². The number of hydrogen-bond acceptors (Lipinski definition) is 5. The summed E-state index contributed by atoms with van der Waals surface area (Å²) in [6.45, 7) is 1.90. The summed E-state index contributed by atoms with van der Waals surface area (Å²) in [5.74, 6) is 0.0375. The number of nitrogens with one attached hydrogen (secondary N) is 1. The summed E-state index contributed by atoms with van der Waals surface area (Å²) >= 11 is 0. The number of carbonyl (C=O) groups is 1. The van der Waals surface area contributed by atoms with Crippen LogP contribution in [0.4, 0.5) is 0 Å². The number of carbonyl (C=O) groups excluding carboxylic acids is 1. The number of aliphatic hydroxyl groups is 2. The number of hydroxylamine groups is 1. The van der Waals surface area contributed by atoms with E-state index in [2.05, 4.69) is 0 Å². The Kier molecular flexibility index (Phi) is 7.91. The van der Waals surface area contributed by atoms with Gasteiger partial charge >= 0.3 is 0 Å². The molecule has 120 valence electrons. The Balaban J connectivity index is 2.52. The van der Waals surface area contributed by atoms with Gasteiger partial charge in [0.1, 0.15) is 12.4 Å². The molecule has 1 aromatic carbocycles. The third kappa shape index (κ3) is 6.53. The molecule has 0 bridgehead atoms. The lowest BCUT2D eigenvalue weighted by Crippen LogP contribution is -2.15. The van der Waals surface area contributed by atoms with Gasteiger partial charge in [0, 0.05) is 6.08 Å². The quantitative estimate of drug-likeness (QED) is 0.252. The fraction of sp³-hybridized carbons (Fsp3) is 0.312. The zero-order valence-electron chi connectivity index (χ0n) is 12.4. The minimum atomic E-state index is -0.664. The fourth-order valence-corrected chi connectivity index (χ4v) is 1.76. The number of benzene rings is 1. The van der Waals surface area contributed by atoms with Crippen molar-refractivity contribution in [3.05, 3.63) is 53.6 Å². The molecule has 0 unspecified atom stereocenters. The average Bonchev–Trinajstić information content (AvgIpc) is 2.53. The maximum Gasteiger partial charge on any atom is 0.267 e. The molecule has 1 rings (SSSR count). The van der Waals surface area contributed by atoms with Gasteiger partial charge in [-0.25, -0.2) is 5.48 Å². The molecule has 1 amide bonds. The third-order valence-corrected chi connectivity index (χ3v) is 2.83. The first-order chi connectivity index (χ1) is 10.6. The van der Waals surface area contributed by atoms with Crippen molar-refractivity contribution in [3.63, 3.8) is 0 Å². The van der Waals surface area contributed by atoms with Crippen molar-refractivity contribution in [1.29, 1.82) is 0 Å². The maximum absolute atomic E-state index is 10.9. The summed E-state index contributed by atoms with van der Waals surface area (Å²) in [5.41, 5.74) is 2.92. The first-order valence-corrected chi connectivity index (χ1v) is 6.87. The molecule has 6 heteroatoms. The van der Waals surface area contributed by atoms with E-state index < -0.39 is 12.0 Å². The van der Waals surface area contributed by atoms with Crippen LogP contribution >= 0.6 is 0 Å². The molecule has 1 atom stereocenters. The Morgan fingerprint density at radius 2 is 2.05 bits per heavy atom. The molecule has 4 N–H and O–H groups in total. The smallest absolute Gasteiger partial charge is 0.267 e. The normalized spacial score (nSPS) is 13.2. The fourth-order valence-electron chi connectivity index (χ4n) is 1.76. The molecule has 1 aromatic rings. The number of aliphatic hydroxyl groups excluding tert-OH is 2. The Morgan fingerprint density at radius 1 is 1.36 bits per heavy atom. The van der Waals surface area contributed by atoms with E-state index in [4.69, 9.17) is 15.1 Å². The molecule has 0 radical (unpaired) electrons. The van der Waals surface area contributed by atoms with Crippen LogP contribution in [-0.2, 0) is 4.79 Å². The van der Waals surface area contributed by atoms with Gasteiger partial charge < -0.3 is 14.9 Å². The van der Waals surface area contributed by atoms with Crippen molar-refractivity contribution >= 4 is 5.91 Å². The number of hydrogen-bond donors (Lipinski definition) is 4. The lowest BCUT2D eigenvalue weighted by atomic mass is 10.1. The summed E-state index contributed by atoms with van der Waals surface area (Å²) < 4.78 is 5.24. The number of ether oxygens (including phenoxy) is 1. The predicted molar refractivity (Wildman–Crippen MR) is 81.4 cm³/mol. The van der Waals surface area contributed by atoms with Crippen LogP contribution in [0.15, 0.2) is 48.1 Å². The van der Waals surface area contributed by atoms with Crippen LogP contribution in [0.1, 0.15) is 25.0 Å². The minimum absolute atomic E-state index is 0.0453. The molecule has 0 spiro atoms. The van der Waals surface area contributed by atoms with Gasteiger partial charge in [-0.05, 0) is 36.6 Å². The van der Waals surface area contributed by atoms with Crippen molar-refractivity contribution in [2.75, 3.05) is 13.2 Å². The average molecular weight is 307 g/mol. The SMILES string of the molecule is CC(/C=C/C[C@H](O)c1ccc(OCCO)cc1)=C\C(=O)NO. The van der Waals surface area contributed by atoms with E-state index in [1.165, 1.54) is 11.6 Å². The topological polar surface area (TPSA) is 99.0 Å². The van der Waals surface area contributed by atoms with Gasteiger partial charge in [0.2, 0.25) is 0 Å². The summed E-state index contributed by atoms with van der Waals surface area (Å²) in [6, 6.07) is 6.98. The molecule has 0 saturated heterocycles. The third-order valence-electron chi connectivity index (χ3n) is 2.83. The summed E-state index contributed by atoms with van der Waals surface area (Å²) in [4.78, 5) is 10.9. The highest BCUT2D eigenvalue weighted by molar-refractivity contribution is 5.87. The first kappa shape index (κ1) is 17.9. The molecular weight excluding hydrogens is 286 g/mol. The largest absolute Gasteiger partial charge is 0.491 e. The lowest BCUT2D eigenvalue weighted by Gasteiger charge is -2.10. The molecule has 0 heterocycles. The number of amides is 1.